The topological polar surface area (TPSA) is 465 Å². The summed E-state index contributed by atoms with van der Waals surface area (Å²) in [6.45, 7) is 5.57. The van der Waals surface area contributed by atoms with E-state index in [2.05, 4.69) is 68.1 Å². The highest BCUT2D eigenvalue weighted by Gasteiger charge is 2.39. The van der Waals surface area contributed by atoms with Crippen molar-refractivity contribution in [2.45, 2.75) is 178 Å². The molecule has 30 nitrogen and oxygen atoms in total. The van der Waals surface area contributed by atoms with E-state index < -0.39 is 133 Å². The zero-order valence-corrected chi connectivity index (χ0v) is 49.7. The third kappa shape index (κ3) is 21.7. The van der Waals surface area contributed by atoms with Crippen molar-refractivity contribution in [3.8, 4) is 0 Å². The Morgan fingerprint density at radius 3 is 2.05 bits per heavy atom. The zero-order valence-electron chi connectivity index (χ0n) is 49.7. The van der Waals surface area contributed by atoms with Gasteiger partial charge in [0.1, 0.15) is 54.4 Å². The Morgan fingerprint density at radius 2 is 1.39 bits per heavy atom. The predicted octanol–water partition coefficient (Wildman–Crippen LogP) is -3.81. The minimum absolute atomic E-state index is 0.0505. The van der Waals surface area contributed by atoms with Gasteiger partial charge in [0.15, 0.2) is 0 Å². The second-order valence-electron chi connectivity index (χ2n) is 22.4. The third-order valence-electron chi connectivity index (χ3n) is 14.9. The van der Waals surface area contributed by atoms with Crippen molar-refractivity contribution in [3.63, 3.8) is 0 Å². The first-order valence-electron chi connectivity index (χ1n) is 29.6. The number of aromatic nitrogens is 3. The van der Waals surface area contributed by atoms with Gasteiger partial charge in [-0.2, -0.15) is 0 Å². The largest absolute Gasteiger partial charge is 0.394 e. The number of hydrogen-bond donors (Lipinski definition) is 16. The van der Waals surface area contributed by atoms with Crippen molar-refractivity contribution in [1.82, 2.24) is 73.0 Å². The third-order valence-corrected chi connectivity index (χ3v) is 14.9. The molecule has 2 fully saturated rings. The fourth-order valence-corrected chi connectivity index (χ4v) is 10.2. The van der Waals surface area contributed by atoms with Gasteiger partial charge in [0.2, 0.25) is 70.9 Å². The number of nitrogens with one attached hydrogen (secondary N) is 12. The van der Waals surface area contributed by atoms with E-state index in [1.165, 1.54) is 31.3 Å². The smallest absolute Gasteiger partial charge is 0.245 e. The summed E-state index contributed by atoms with van der Waals surface area (Å²) in [7, 11) is 0. The number of carbonyl (C=O) groups is 12. The van der Waals surface area contributed by atoms with Gasteiger partial charge in [-0.3, -0.25) is 57.5 Å². The number of benzene rings is 1. The van der Waals surface area contributed by atoms with Crippen LogP contribution in [0.5, 0.6) is 0 Å². The van der Waals surface area contributed by atoms with Crippen molar-refractivity contribution in [1.29, 1.82) is 0 Å². The average molecular weight is 1220 g/mol. The van der Waals surface area contributed by atoms with Crippen molar-refractivity contribution in [3.05, 3.63) is 54.2 Å². The van der Waals surface area contributed by atoms with Crippen LogP contribution in [0, 0.1) is 5.92 Å². The van der Waals surface area contributed by atoms with Gasteiger partial charge in [-0.15, -0.1) is 0 Å². The van der Waals surface area contributed by atoms with Crippen LogP contribution >= 0.6 is 0 Å². The van der Waals surface area contributed by atoms with Crippen LogP contribution in [-0.2, 0) is 70.4 Å². The lowest BCUT2D eigenvalue weighted by Crippen LogP contribution is -2.62. The van der Waals surface area contributed by atoms with Crippen LogP contribution in [0.2, 0.25) is 0 Å². The number of para-hydroxylation sites is 1. The molecule has 2 aliphatic heterocycles. The number of aliphatic hydroxyl groups is 2. The van der Waals surface area contributed by atoms with Gasteiger partial charge >= 0.3 is 0 Å². The first kappa shape index (κ1) is 69.3. The molecule has 12 amide bonds. The van der Waals surface area contributed by atoms with Crippen molar-refractivity contribution < 1.29 is 67.7 Å². The number of likely N-dealkylation sites (tertiary alicyclic amines) is 1. The number of aliphatic hydroxyl groups excluding tert-OH is 2. The maximum atomic E-state index is 14.4. The molecule has 0 saturated carbocycles. The summed E-state index contributed by atoms with van der Waals surface area (Å²) >= 11 is 0. The molecule has 18 N–H and O–H groups in total. The van der Waals surface area contributed by atoms with Gasteiger partial charge in [-0.1, -0.05) is 38.5 Å². The van der Waals surface area contributed by atoms with E-state index in [0.717, 1.165) is 12.8 Å². The van der Waals surface area contributed by atoms with Gasteiger partial charge in [-0.25, -0.2) is 4.98 Å². The van der Waals surface area contributed by atoms with Crippen molar-refractivity contribution in [2.24, 2.45) is 17.4 Å². The number of amides is 12. The number of fused-ring (bicyclic) bond motifs is 1. The SMILES string of the molecule is CC(C)C[C@H](NC(=O)[C@@H](CCCCNC(=O)CCCCCN)NC(=O)[C@@H](NC(=O)[C@H](CO)NC(=O)[C@H](Cc1c[nH]c2ccccc12)NC(=O)[C@H](Cc1cnc[nH]1)NC(=O)[C@@H]1CCC(=O)N1)[C@@H](C)O)C(=O)N[C@@H](C)C(=O)N1CCC[C@H]1C(=O)NCC(N)=O. The number of unbranched alkanes of at least 4 members (excludes halogenated alkanes) is 3. The van der Waals surface area contributed by atoms with Gasteiger partial charge < -0.3 is 89.7 Å². The summed E-state index contributed by atoms with van der Waals surface area (Å²) in [5.41, 5.74) is 12.4. The molecule has 2 aliphatic rings. The fraction of sp³-hybridized carbons (Fsp3) is 0.596. The Hall–Kier alpha value is -8.51. The van der Waals surface area contributed by atoms with Gasteiger partial charge in [-0.05, 0) is 95.7 Å². The maximum absolute atomic E-state index is 14.4. The summed E-state index contributed by atoms with van der Waals surface area (Å²) in [6, 6.07) is -5.13. The maximum Gasteiger partial charge on any atom is 0.245 e. The van der Waals surface area contributed by atoms with Gasteiger partial charge in [0, 0.05) is 67.8 Å². The van der Waals surface area contributed by atoms with E-state index in [0.29, 0.717) is 54.4 Å². The monoisotopic (exact) mass is 1220 g/mol. The number of aromatic amines is 2. The summed E-state index contributed by atoms with van der Waals surface area (Å²) in [5.74, 6) is -9.07. The van der Waals surface area contributed by atoms with Crippen LogP contribution in [0.3, 0.4) is 0 Å². The van der Waals surface area contributed by atoms with Crippen LogP contribution in [-0.4, -0.2) is 194 Å². The van der Waals surface area contributed by atoms with Crippen LogP contribution in [0.4, 0.5) is 0 Å². The Kier molecular flexibility index (Phi) is 27.5. The molecule has 30 heteroatoms. The molecule has 478 valence electrons. The molecular formula is C57H86N16O14. The molecule has 87 heavy (non-hydrogen) atoms. The summed E-state index contributed by atoms with van der Waals surface area (Å²) < 4.78 is 0. The summed E-state index contributed by atoms with van der Waals surface area (Å²) in [6.07, 6.45) is 6.49. The molecule has 0 bridgehead atoms. The lowest BCUT2D eigenvalue weighted by molar-refractivity contribution is -0.141. The van der Waals surface area contributed by atoms with Crippen LogP contribution in [0.1, 0.15) is 116 Å². The van der Waals surface area contributed by atoms with E-state index in [-0.39, 0.29) is 82.2 Å². The number of rotatable bonds is 36. The fourth-order valence-electron chi connectivity index (χ4n) is 10.2. The predicted molar refractivity (Wildman–Crippen MR) is 314 cm³/mol. The molecule has 1 aromatic carbocycles. The van der Waals surface area contributed by atoms with E-state index in [4.69, 9.17) is 11.5 Å². The molecule has 4 heterocycles. The molecular weight excluding hydrogens is 1130 g/mol. The minimum Gasteiger partial charge on any atom is -0.394 e. The quantitative estimate of drug-likeness (QED) is 0.0248. The lowest BCUT2D eigenvalue weighted by atomic mass is 10.0. The molecule has 5 rings (SSSR count). The van der Waals surface area contributed by atoms with E-state index >= 15 is 0 Å². The van der Waals surface area contributed by atoms with Gasteiger partial charge in [0.05, 0.1) is 25.6 Å². The molecule has 0 aliphatic carbocycles. The Labute approximate surface area is 503 Å². The minimum atomic E-state index is -1.84. The number of hydrogen-bond acceptors (Lipinski definition) is 16. The van der Waals surface area contributed by atoms with Crippen molar-refractivity contribution in [2.75, 3.05) is 32.8 Å². The van der Waals surface area contributed by atoms with Crippen LogP contribution < -0.4 is 64.6 Å². The average Bonchev–Trinajstić information content (AvgIpc) is 4.16. The highest BCUT2D eigenvalue weighted by atomic mass is 16.3. The first-order chi connectivity index (χ1) is 41.5. The molecule has 0 unspecified atom stereocenters. The highest BCUT2D eigenvalue weighted by molar-refractivity contribution is 5.99. The first-order valence-corrected chi connectivity index (χ1v) is 29.6. The lowest BCUT2D eigenvalue weighted by Gasteiger charge is -2.29. The molecule has 3 aromatic rings. The number of nitrogens with zero attached hydrogens (tertiary/aromatic N) is 2. The number of nitrogens with two attached hydrogens (primary N) is 2. The van der Waals surface area contributed by atoms with E-state index in [1.54, 1.807) is 44.3 Å². The second kappa shape index (κ2) is 34.6. The second-order valence-corrected chi connectivity index (χ2v) is 22.4. The molecule has 0 radical (unpaired) electrons. The number of primary amides is 1. The molecule has 10 atom stereocenters. The normalized spacial score (nSPS) is 17.5. The Bertz CT molecular complexity index is 2860. The molecule has 2 saturated heterocycles. The number of imidazole rings is 1. The molecule has 2 aromatic heterocycles. The summed E-state index contributed by atoms with van der Waals surface area (Å²) in [5, 5.41) is 48.1. The summed E-state index contributed by atoms with van der Waals surface area (Å²) in [4.78, 5) is 172. The van der Waals surface area contributed by atoms with Crippen LogP contribution in [0.15, 0.2) is 43.0 Å². The zero-order chi connectivity index (χ0) is 63.7. The number of carbonyl (C=O) groups excluding carboxylic acids is 12. The Balaban J connectivity index is 1.33. The van der Waals surface area contributed by atoms with Crippen LogP contribution in [0.25, 0.3) is 10.9 Å². The number of H-pyrrole nitrogens is 2. The van der Waals surface area contributed by atoms with E-state index in [9.17, 15) is 67.7 Å². The standard InChI is InChI=1S/C57H86N16O14/c1-31(2)23-40(51(81)65-32(3)57(87)73-22-12-16-44(73)55(85)63-28-45(59)76)68-49(79)38(15-9-11-21-61-46(77)17-6-5-10-20-58)67-56(86)48(33(4)75)72-54(84)43(29-74)71-52(82)41(24-34-26-62-37-14-8-7-13-36(34)37)69-53(83)42(25-35-27-60-30-64-35)70-50(80)39-18-19-47(78)66-39/h7-8,13-14,26-27,30-33,38-44,48,62,74-75H,5-6,9-12,15-25,28-29,58H2,1-4H3,(H2,59,76)(H,60,64)(H,61,77)(H,63,85)(H,65,81)(H,66,78)(H,67,86)(H,68,79)(H,69,83)(H,70,80)(H,71,82)(H,72,84)/t32-,33+,38+,39-,40-,41-,42-,43-,44-,48-/m0/s1. The Morgan fingerprint density at radius 1 is 0.724 bits per heavy atom. The molecule has 0 spiro atoms. The van der Waals surface area contributed by atoms with Gasteiger partial charge in [0.25, 0.3) is 0 Å². The van der Waals surface area contributed by atoms with E-state index in [1.807, 2.05) is 0 Å². The van der Waals surface area contributed by atoms with Crippen molar-refractivity contribution >= 4 is 81.8 Å². The highest BCUT2D eigenvalue weighted by Crippen LogP contribution is 2.21.